The molecule has 0 spiro atoms. The Morgan fingerprint density at radius 2 is 2.00 bits per heavy atom. The average Bonchev–Trinajstić information content (AvgIpc) is 2.64. The first-order valence-corrected chi connectivity index (χ1v) is 9.52. The number of benzene rings is 1. The predicted octanol–water partition coefficient (Wildman–Crippen LogP) is 4.31. The fraction of sp³-hybridized carbons (Fsp3) is 0.476. The Morgan fingerprint density at radius 3 is 2.84 bits per heavy atom. The summed E-state index contributed by atoms with van der Waals surface area (Å²) in [5.41, 5.74) is 2.41. The van der Waals surface area contributed by atoms with Crippen molar-refractivity contribution in [3.05, 3.63) is 54.4 Å². The Hall–Kier alpha value is -2.23. The van der Waals surface area contributed by atoms with E-state index in [1.165, 1.54) is 24.8 Å². The SMILES string of the molecule is CC1CCCC(N2C=CCC3=CNC(Nc4ccccc4)=NC32)C1C. The van der Waals surface area contributed by atoms with Crippen LogP contribution in [-0.4, -0.2) is 23.1 Å². The third-order valence-electron chi connectivity index (χ3n) is 5.97. The van der Waals surface area contributed by atoms with Crippen LogP contribution in [0, 0.1) is 11.8 Å². The summed E-state index contributed by atoms with van der Waals surface area (Å²) in [5.74, 6) is 2.32. The fourth-order valence-electron chi connectivity index (χ4n) is 4.29. The van der Waals surface area contributed by atoms with Gasteiger partial charge in [0.25, 0.3) is 0 Å². The molecule has 2 N–H and O–H groups in total. The zero-order valence-electron chi connectivity index (χ0n) is 15.2. The van der Waals surface area contributed by atoms with E-state index in [-0.39, 0.29) is 6.17 Å². The van der Waals surface area contributed by atoms with E-state index in [9.17, 15) is 0 Å². The lowest BCUT2D eigenvalue weighted by molar-refractivity contribution is 0.0953. The molecule has 1 fully saturated rings. The molecule has 3 aliphatic rings. The molecule has 1 aromatic rings. The predicted molar refractivity (Wildman–Crippen MR) is 104 cm³/mol. The van der Waals surface area contributed by atoms with Crippen LogP contribution in [0.25, 0.3) is 0 Å². The highest BCUT2D eigenvalue weighted by molar-refractivity contribution is 5.95. The first-order valence-electron chi connectivity index (χ1n) is 9.52. The van der Waals surface area contributed by atoms with E-state index in [4.69, 9.17) is 4.99 Å². The summed E-state index contributed by atoms with van der Waals surface area (Å²) in [5, 5.41) is 6.73. The monoisotopic (exact) mass is 336 g/mol. The molecule has 1 aromatic carbocycles. The third kappa shape index (κ3) is 3.30. The summed E-state index contributed by atoms with van der Waals surface area (Å²) >= 11 is 0. The molecular formula is C21H28N4. The van der Waals surface area contributed by atoms with Gasteiger partial charge >= 0.3 is 0 Å². The van der Waals surface area contributed by atoms with Crippen LogP contribution in [0.2, 0.25) is 0 Å². The van der Waals surface area contributed by atoms with Gasteiger partial charge < -0.3 is 15.5 Å². The summed E-state index contributed by atoms with van der Waals surface area (Å²) in [6.07, 6.45) is 11.7. The minimum atomic E-state index is 0.121. The molecule has 0 amide bonds. The van der Waals surface area contributed by atoms with Gasteiger partial charge in [-0.2, -0.15) is 0 Å². The number of nitrogens with one attached hydrogen (secondary N) is 2. The van der Waals surface area contributed by atoms with Gasteiger partial charge in [0.15, 0.2) is 0 Å². The zero-order chi connectivity index (χ0) is 17.2. The number of fused-ring (bicyclic) bond motifs is 1. The largest absolute Gasteiger partial charge is 0.349 e. The summed E-state index contributed by atoms with van der Waals surface area (Å²) in [7, 11) is 0. The molecule has 4 rings (SSSR count). The molecule has 0 bridgehead atoms. The van der Waals surface area contributed by atoms with E-state index in [0.717, 1.165) is 24.0 Å². The molecule has 4 unspecified atom stereocenters. The maximum Gasteiger partial charge on any atom is 0.202 e. The number of rotatable bonds is 2. The zero-order valence-corrected chi connectivity index (χ0v) is 15.2. The van der Waals surface area contributed by atoms with E-state index in [0.29, 0.717) is 12.0 Å². The smallest absolute Gasteiger partial charge is 0.202 e. The first-order chi connectivity index (χ1) is 12.2. The van der Waals surface area contributed by atoms with Crippen molar-refractivity contribution in [3.8, 4) is 0 Å². The van der Waals surface area contributed by atoms with Gasteiger partial charge in [0.05, 0.1) is 0 Å². The molecular weight excluding hydrogens is 308 g/mol. The van der Waals surface area contributed by atoms with Crippen molar-refractivity contribution in [2.75, 3.05) is 5.32 Å². The van der Waals surface area contributed by atoms with Gasteiger partial charge in [-0.1, -0.05) is 51.0 Å². The third-order valence-corrected chi connectivity index (χ3v) is 5.97. The van der Waals surface area contributed by atoms with E-state index < -0.39 is 0 Å². The maximum absolute atomic E-state index is 5.02. The van der Waals surface area contributed by atoms with Gasteiger partial charge in [0.1, 0.15) is 6.17 Å². The van der Waals surface area contributed by atoms with Crippen molar-refractivity contribution in [1.29, 1.82) is 0 Å². The number of nitrogens with zero attached hydrogens (tertiary/aromatic N) is 2. The average molecular weight is 336 g/mol. The number of para-hydroxylation sites is 1. The molecule has 2 heterocycles. The van der Waals surface area contributed by atoms with Crippen molar-refractivity contribution in [2.45, 2.75) is 51.7 Å². The lowest BCUT2D eigenvalue weighted by Gasteiger charge is -2.46. The highest BCUT2D eigenvalue weighted by Gasteiger charge is 2.36. The summed E-state index contributed by atoms with van der Waals surface area (Å²) < 4.78 is 0. The Kier molecular flexibility index (Phi) is 4.51. The number of guanidine groups is 1. The van der Waals surface area contributed by atoms with Gasteiger partial charge in [-0.05, 0) is 48.6 Å². The molecule has 0 saturated heterocycles. The fourth-order valence-corrected chi connectivity index (χ4v) is 4.29. The van der Waals surface area contributed by atoms with Gasteiger partial charge in [-0.3, -0.25) is 0 Å². The number of hydrogen-bond acceptors (Lipinski definition) is 4. The number of aliphatic imine (C=N–C) groups is 1. The van der Waals surface area contributed by atoms with Gasteiger partial charge in [-0.15, -0.1) is 0 Å². The number of hydrogen-bond donors (Lipinski definition) is 2. The molecule has 0 aromatic heterocycles. The highest BCUT2D eigenvalue weighted by Crippen LogP contribution is 2.37. The molecule has 25 heavy (non-hydrogen) atoms. The molecule has 1 saturated carbocycles. The van der Waals surface area contributed by atoms with Crippen molar-refractivity contribution in [2.24, 2.45) is 16.8 Å². The van der Waals surface area contributed by atoms with Crippen molar-refractivity contribution in [1.82, 2.24) is 10.2 Å². The van der Waals surface area contributed by atoms with Crippen LogP contribution in [0.4, 0.5) is 5.69 Å². The lowest BCUT2D eigenvalue weighted by Crippen LogP contribution is -2.50. The van der Waals surface area contributed by atoms with Gasteiger partial charge in [-0.25, -0.2) is 4.99 Å². The molecule has 1 aliphatic carbocycles. The van der Waals surface area contributed by atoms with Crippen LogP contribution in [0.1, 0.15) is 39.5 Å². The maximum atomic E-state index is 5.02. The van der Waals surface area contributed by atoms with Crippen molar-refractivity contribution in [3.63, 3.8) is 0 Å². The minimum Gasteiger partial charge on any atom is -0.349 e. The van der Waals surface area contributed by atoms with E-state index in [2.05, 4.69) is 60.0 Å². The van der Waals surface area contributed by atoms with Crippen LogP contribution >= 0.6 is 0 Å². The molecule has 2 aliphatic heterocycles. The molecule has 132 valence electrons. The van der Waals surface area contributed by atoms with Gasteiger partial charge in [0, 0.05) is 17.9 Å². The highest BCUT2D eigenvalue weighted by atomic mass is 15.3. The topological polar surface area (TPSA) is 39.7 Å². The van der Waals surface area contributed by atoms with E-state index in [1.807, 2.05) is 18.2 Å². The van der Waals surface area contributed by atoms with Crippen molar-refractivity contribution < 1.29 is 0 Å². The lowest BCUT2D eigenvalue weighted by atomic mass is 9.77. The molecule has 0 radical (unpaired) electrons. The summed E-state index contributed by atoms with van der Waals surface area (Å²) in [4.78, 5) is 7.52. The van der Waals surface area contributed by atoms with Crippen LogP contribution < -0.4 is 10.6 Å². The second-order valence-electron chi connectivity index (χ2n) is 7.58. The molecule has 4 heteroatoms. The van der Waals surface area contributed by atoms with Crippen LogP contribution in [0.3, 0.4) is 0 Å². The van der Waals surface area contributed by atoms with Crippen LogP contribution in [0.5, 0.6) is 0 Å². The Balaban J connectivity index is 1.56. The second kappa shape index (κ2) is 6.95. The number of allylic oxidation sites excluding steroid dienone is 1. The first kappa shape index (κ1) is 16.2. The summed E-state index contributed by atoms with van der Waals surface area (Å²) in [6, 6.07) is 10.8. The van der Waals surface area contributed by atoms with Gasteiger partial charge in [0.2, 0.25) is 5.96 Å². The van der Waals surface area contributed by atoms with E-state index >= 15 is 0 Å². The Bertz CT molecular complexity index is 691. The molecule has 4 nitrogen and oxygen atoms in total. The Morgan fingerprint density at radius 1 is 1.16 bits per heavy atom. The standard InChI is InChI=1S/C21H28N4/c1-15-8-6-12-19(16(15)2)25-13-7-9-17-14-22-21(24-20(17)25)23-18-10-4-3-5-11-18/h3-5,7,10-11,13-16,19-20H,6,8-9,12H2,1-2H3,(H2,22,23,24). The van der Waals surface area contributed by atoms with E-state index in [1.54, 1.807) is 0 Å². The minimum absolute atomic E-state index is 0.121. The Labute approximate surface area is 150 Å². The van der Waals surface area contributed by atoms with Crippen molar-refractivity contribution >= 4 is 11.6 Å². The van der Waals surface area contributed by atoms with Crippen LogP contribution in [0.15, 0.2) is 59.4 Å². The van der Waals surface area contributed by atoms with Crippen LogP contribution in [-0.2, 0) is 0 Å². The normalized spacial score (nSPS) is 31.5. The number of anilines is 1. The second-order valence-corrected chi connectivity index (χ2v) is 7.58. The summed E-state index contributed by atoms with van der Waals surface area (Å²) in [6.45, 7) is 4.81. The molecule has 4 atom stereocenters. The quantitative estimate of drug-likeness (QED) is 0.845.